The van der Waals surface area contributed by atoms with Gasteiger partial charge in [0.15, 0.2) is 11.6 Å². The molecule has 0 aliphatic heterocycles. The van der Waals surface area contributed by atoms with Crippen molar-refractivity contribution in [3.63, 3.8) is 0 Å². The molecule has 3 rings (SSSR count). The number of benzene rings is 2. The lowest BCUT2D eigenvalue weighted by molar-refractivity contribution is 0.509. The molecule has 0 bridgehead atoms. The molecule has 3 aromatic rings. The number of H-pyrrole nitrogens is 1. The number of halogens is 2. The molecule has 0 aliphatic carbocycles. The van der Waals surface area contributed by atoms with Gasteiger partial charge < -0.3 is 0 Å². The molecular weight excluding hydrogens is 282 g/mol. The van der Waals surface area contributed by atoms with Crippen LogP contribution in [0.2, 0.25) is 0 Å². The monoisotopic (exact) mass is 296 g/mol. The summed E-state index contributed by atoms with van der Waals surface area (Å²) in [6.07, 6.45) is 4.77. The summed E-state index contributed by atoms with van der Waals surface area (Å²) < 4.78 is 26.2. The van der Waals surface area contributed by atoms with Gasteiger partial charge in [-0.15, -0.1) is 0 Å². The third-order valence-corrected chi connectivity index (χ3v) is 3.31. The minimum atomic E-state index is -0.873. The molecule has 1 aromatic heterocycles. The van der Waals surface area contributed by atoms with Gasteiger partial charge in [-0.3, -0.25) is 5.10 Å². The second-order valence-corrected chi connectivity index (χ2v) is 4.93. The van der Waals surface area contributed by atoms with Gasteiger partial charge in [-0.2, -0.15) is 5.10 Å². The van der Waals surface area contributed by atoms with Gasteiger partial charge in [0.2, 0.25) is 0 Å². The van der Waals surface area contributed by atoms with Crippen LogP contribution in [0.3, 0.4) is 0 Å². The number of nitrogens with zero attached hydrogens (tertiary/aromatic N) is 1. The van der Waals surface area contributed by atoms with Crippen LogP contribution in [0.25, 0.3) is 17.3 Å². The van der Waals surface area contributed by atoms with E-state index in [-0.39, 0.29) is 0 Å². The van der Waals surface area contributed by atoms with E-state index in [1.54, 1.807) is 6.07 Å². The van der Waals surface area contributed by atoms with Crippen molar-refractivity contribution in [1.29, 1.82) is 0 Å². The van der Waals surface area contributed by atoms with Gasteiger partial charge in [0.25, 0.3) is 0 Å². The predicted octanol–water partition coefficient (Wildman–Crippen LogP) is 4.61. The average molecular weight is 296 g/mol. The Balaban J connectivity index is 1.72. The zero-order valence-corrected chi connectivity index (χ0v) is 11.8. The van der Waals surface area contributed by atoms with Crippen molar-refractivity contribution in [3.8, 4) is 11.3 Å². The van der Waals surface area contributed by atoms with Crippen LogP contribution in [0.5, 0.6) is 0 Å². The molecule has 0 spiro atoms. The lowest BCUT2D eigenvalue weighted by Crippen LogP contribution is -1.85. The SMILES string of the molecule is Fc1ccc(-c2cc(C=CCc3ccccc3)[nH]n2)cc1F. The summed E-state index contributed by atoms with van der Waals surface area (Å²) in [5.74, 6) is -1.73. The number of hydrogen-bond donors (Lipinski definition) is 1. The van der Waals surface area contributed by atoms with Gasteiger partial charge in [0, 0.05) is 5.56 Å². The van der Waals surface area contributed by atoms with E-state index in [2.05, 4.69) is 22.3 Å². The summed E-state index contributed by atoms with van der Waals surface area (Å²) in [6, 6.07) is 15.7. The molecule has 0 saturated heterocycles. The fraction of sp³-hybridized carbons (Fsp3) is 0.0556. The Hall–Kier alpha value is -2.75. The molecule has 4 heteroatoms. The Morgan fingerprint density at radius 3 is 2.55 bits per heavy atom. The minimum absolute atomic E-state index is 0.540. The predicted molar refractivity (Wildman–Crippen MR) is 83.1 cm³/mol. The first-order valence-corrected chi connectivity index (χ1v) is 6.94. The maximum absolute atomic E-state index is 13.2. The molecule has 0 unspecified atom stereocenters. The molecule has 0 radical (unpaired) electrons. The van der Waals surface area contributed by atoms with Crippen molar-refractivity contribution >= 4 is 6.08 Å². The van der Waals surface area contributed by atoms with E-state index in [0.717, 1.165) is 24.2 Å². The molecule has 1 heterocycles. The largest absolute Gasteiger partial charge is 0.278 e. The maximum Gasteiger partial charge on any atom is 0.159 e. The van der Waals surface area contributed by atoms with E-state index in [1.165, 1.54) is 11.6 Å². The highest BCUT2D eigenvalue weighted by Crippen LogP contribution is 2.20. The zero-order valence-electron chi connectivity index (χ0n) is 11.8. The smallest absolute Gasteiger partial charge is 0.159 e. The van der Waals surface area contributed by atoms with E-state index in [4.69, 9.17) is 0 Å². The highest BCUT2D eigenvalue weighted by atomic mass is 19.2. The minimum Gasteiger partial charge on any atom is -0.278 e. The van der Waals surface area contributed by atoms with Gasteiger partial charge >= 0.3 is 0 Å². The number of hydrogen-bond acceptors (Lipinski definition) is 1. The van der Waals surface area contributed by atoms with Gasteiger partial charge in [0.1, 0.15) is 0 Å². The van der Waals surface area contributed by atoms with E-state index in [9.17, 15) is 8.78 Å². The summed E-state index contributed by atoms with van der Waals surface area (Å²) in [5, 5.41) is 6.99. The summed E-state index contributed by atoms with van der Waals surface area (Å²) in [6.45, 7) is 0. The fourth-order valence-electron chi connectivity index (χ4n) is 2.16. The molecule has 0 saturated carbocycles. The highest BCUT2D eigenvalue weighted by molar-refractivity contribution is 5.62. The molecule has 0 atom stereocenters. The summed E-state index contributed by atoms with van der Waals surface area (Å²) in [5.41, 5.74) is 3.16. The van der Waals surface area contributed by atoms with Gasteiger partial charge in [-0.05, 0) is 42.3 Å². The van der Waals surface area contributed by atoms with Crippen LogP contribution in [0.15, 0.2) is 60.7 Å². The number of rotatable bonds is 4. The molecule has 0 amide bonds. The number of aromatic nitrogens is 2. The molecule has 2 nitrogen and oxygen atoms in total. The summed E-state index contributed by atoms with van der Waals surface area (Å²) in [7, 11) is 0. The molecular formula is C18H14F2N2. The molecule has 110 valence electrons. The van der Waals surface area contributed by atoms with Crippen molar-refractivity contribution in [2.75, 3.05) is 0 Å². The third-order valence-electron chi connectivity index (χ3n) is 3.31. The fourth-order valence-corrected chi connectivity index (χ4v) is 2.16. The van der Waals surface area contributed by atoms with Crippen LogP contribution < -0.4 is 0 Å². The van der Waals surface area contributed by atoms with Crippen molar-refractivity contribution < 1.29 is 8.78 Å². The zero-order chi connectivity index (χ0) is 15.4. The first-order valence-electron chi connectivity index (χ1n) is 6.94. The third kappa shape index (κ3) is 3.28. The van der Waals surface area contributed by atoms with Crippen molar-refractivity contribution in [3.05, 3.63) is 83.6 Å². The van der Waals surface area contributed by atoms with Crippen LogP contribution >= 0.6 is 0 Å². The molecule has 0 fully saturated rings. The lowest BCUT2D eigenvalue weighted by Gasteiger charge is -1.96. The number of aromatic amines is 1. The van der Waals surface area contributed by atoms with Crippen molar-refractivity contribution in [2.45, 2.75) is 6.42 Å². The Morgan fingerprint density at radius 1 is 0.955 bits per heavy atom. The Bertz CT molecular complexity index is 792. The Labute approximate surface area is 127 Å². The Morgan fingerprint density at radius 2 is 1.77 bits per heavy atom. The van der Waals surface area contributed by atoms with Crippen LogP contribution in [0.4, 0.5) is 8.78 Å². The molecule has 0 aliphatic rings. The second-order valence-electron chi connectivity index (χ2n) is 4.93. The maximum atomic E-state index is 13.2. The lowest BCUT2D eigenvalue weighted by atomic mass is 10.1. The molecule has 22 heavy (non-hydrogen) atoms. The van der Waals surface area contributed by atoms with Crippen molar-refractivity contribution in [1.82, 2.24) is 10.2 Å². The topological polar surface area (TPSA) is 28.7 Å². The quantitative estimate of drug-likeness (QED) is 0.748. The van der Waals surface area contributed by atoms with Crippen molar-refractivity contribution in [2.24, 2.45) is 0 Å². The summed E-state index contributed by atoms with van der Waals surface area (Å²) >= 11 is 0. The number of allylic oxidation sites excluding steroid dienone is 1. The number of nitrogens with one attached hydrogen (secondary N) is 1. The van der Waals surface area contributed by atoms with Gasteiger partial charge in [-0.1, -0.05) is 36.4 Å². The summed E-state index contributed by atoms with van der Waals surface area (Å²) in [4.78, 5) is 0. The first-order chi connectivity index (χ1) is 10.7. The second kappa shape index (κ2) is 6.35. The van der Waals surface area contributed by atoms with Crippen LogP contribution in [0.1, 0.15) is 11.3 Å². The van der Waals surface area contributed by atoms with E-state index in [1.807, 2.05) is 30.4 Å². The normalized spacial score (nSPS) is 11.2. The van der Waals surface area contributed by atoms with Gasteiger partial charge in [0.05, 0.1) is 11.4 Å². The van der Waals surface area contributed by atoms with E-state index in [0.29, 0.717) is 11.3 Å². The standard InChI is InChI=1S/C18H14F2N2/c19-16-10-9-14(11-17(16)20)18-12-15(21-22-18)8-4-7-13-5-2-1-3-6-13/h1-6,8-12H,7H2,(H,21,22). The molecule has 2 aromatic carbocycles. The van der Waals surface area contributed by atoms with E-state index >= 15 is 0 Å². The molecule has 1 N–H and O–H groups in total. The van der Waals surface area contributed by atoms with Crippen LogP contribution in [-0.2, 0) is 6.42 Å². The average Bonchev–Trinajstić information content (AvgIpc) is 3.00. The highest BCUT2D eigenvalue weighted by Gasteiger charge is 2.07. The Kier molecular flexibility index (Phi) is 4.10. The van der Waals surface area contributed by atoms with E-state index < -0.39 is 11.6 Å². The first kappa shape index (κ1) is 14.2. The van der Waals surface area contributed by atoms with Crippen LogP contribution in [-0.4, -0.2) is 10.2 Å². The van der Waals surface area contributed by atoms with Crippen LogP contribution in [0, 0.1) is 11.6 Å². The van der Waals surface area contributed by atoms with Gasteiger partial charge in [-0.25, -0.2) is 8.78 Å².